The second-order valence-corrected chi connectivity index (χ2v) is 13.6. The molecule has 2 aliphatic heterocycles. The summed E-state index contributed by atoms with van der Waals surface area (Å²) in [6.07, 6.45) is 2.72. The zero-order valence-corrected chi connectivity index (χ0v) is 29.8. The van der Waals surface area contributed by atoms with Gasteiger partial charge in [-0.25, -0.2) is 9.97 Å². The molecule has 14 heteroatoms. The lowest BCUT2D eigenvalue weighted by Crippen LogP contribution is -2.35. The molecule has 264 valence electrons. The summed E-state index contributed by atoms with van der Waals surface area (Å²) in [5.74, 6) is 0.639. The monoisotopic (exact) mass is 728 g/mol. The number of carbonyl (C=O) groups is 2. The van der Waals surface area contributed by atoms with Crippen molar-refractivity contribution < 1.29 is 14.3 Å². The fourth-order valence-corrected chi connectivity index (χ4v) is 7.48. The number of aryl methyl sites for hydroxylation is 1. The van der Waals surface area contributed by atoms with E-state index < -0.39 is 0 Å². The van der Waals surface area contributed by atoms with E-state index in [1.807, 2.05) is 54.6 Å². The number of carbonyl (C=O) groups excluding carboxylic acids is 2. The summed E-state index contributed by atoms with van der Waals surface area (Å²) in [4.78, 5) is 45.8. The third-order valence-corrected chi connectivity index (χ3v) is 10.2. The molecule has 0 radical (unpaired) electrons. The minimum atomic E-state index is -0.213. The molecule has 2 saturated heterocycles. The molecule has 0 spiro atoms. The third-order valence-electron chi connectivity index (χ3n) is 9.43. The molecule has 0 aliphatic carbocycles. The molecule has 51 heavy (non-hydrogen) atoms. The van der Waals surface area contributed by atoms with Gasteiger partial charge in [-0.1, -0.05) is 65.7 Å². The Morgan fingerprint density at radius 2 is 1.41 bits per heavy atom. The van der Waals surface area contributed by atoms with Crippen molar-refractivity contribution in [3.05, 3.63) is 92.3 Å². The van der Waals surface area contributed by atoms with Crippen LogP contribution in [0.1, 0.15) is 36.9 Å². The minimum Gasteiger partial charge on any atom is -0.481 e. The van der Waals surface area contributed by atoms with Gasteiger partial charge in [-0.2, -0.15) is 4.52 Å². The first kappa shape index (κ1) is 34.7. The van der Waals surface area contributed by atoms with Crippen LogP contribution >= 0.6 is 23.2 Å². The van der Waals surface area contributed by atoms with Crippen LogP contribution in [0, 0.1) is 0 Å². The van der Waals surface area contributed by atoms with E-state index in [0.29, 0.717) is 83.2 Å². The summed E-state index contributed by atoms with van der Waals surface area (Å²) in [6, 6.07) is 18.9. The van der Waals surface area contributed by atoms with Crippen molar-refractivity contribution in [3.63, 3.8) is 0 Å². The Morgan fingerprint density at radius 1 is 0.804 bits per heavy atom. The summed E-state index contributed by atoms with van der Waals surface area (Å²) in [5.41, 5.74) is 6.03. The van der Waals surface area contributed by atoms with Crippen LogP contribution in [0.2, 0.25) is 10.0 Å². The van der Waals surface area contributed by atoms with Crippen LogP contribution in [-0.4, -0.2) is 63.3 Å². The van der Waals surface area contributed by atoms with E-state index in [-0.39, 0.29) is 29.5 Å². The van der Waals surface area contributed by atoms with E-state index >= 15 is 0 Å². The molecule has 0 saturated carbocycles. The highest BCUT2D eigenvalue weighted by molar-refractivity contribution is 6.39. The Bertz CT molecular complexity index is 2200. The zero-order valence-electron chi connectivity index (χ0n) is 28.3. The van der Waals surface area contributed by atoms with Gasteiger partial charge in [-0.3, -0.25) is 19.1 Å². The second kappa shape index (κ2) is 14.8. The smallest absolute Gasteiger partial charge is 0.273 e. The first-order valence-corrected chi connectivity index (χ1v) is 17.7. The molecule has 12 nitrogen and oxygen atoms in total. The van der Waals surface area contributed by atoms with Gasteiger partial charge < -0.3 is 26.0 Å². The number of nitrogens with zero attached hydrogens (tertiary/aromatic N) is 4. The van der Waals surface area contributed by atoms with E-state index in [0.717, 1.165) is 35.1 Å². The largest absolute Gasteiger partial charge is 0.481 e. The molecule has 2 aliphatic rings. The molecule has 7 rings (SSSR count). The Kier molecular flexibility index (Phi) is 10.1. The number of hydrogen-bond acceptors (Lipinski definition) is 8. The van der Waals surface area contributed by atoms with Crippen LogP contribution in [0.15, 0.2) is 65.5 Å². The number of halogens is 2. The van der Waals surface area contributed by atoms with Crippen LogP contribution < -0.4 is 31.6 Å². The first-order valence-electron chi connectivity index (χ1n) is 16.9. The maximum Gasteiger partial charge on any atom is 0.273 e. The van der Waals surface area contributed by atoms with Crippen molar-refractivity contribution in [2.45, 2.75) is 50.9 Å². The van der Waals surface area contributed by atoms with Gasteiger partial charge in [0.2, 0.25) is 17.7 Å². The Balaban J connectivity index is 1.13. The number of benzene rings is 2. The summed E-state index contributed by atoms with van der Waals surface area (Å²) in [5, 5.41) is 13.6. The van der Waals surface area contributed by atoms with E-state index in [2.05, 4.69) is 21.3 Å². The number of nitrogens with one attached hydrogen (secondary N) is 4. The van der Waals surface area contributed by atoms with Gasteiger partial charge in [0.15, 0.2) is 5.65 Å². The number of hydrogen-bond donors (Lipinski definition) is 4. The van der Waals surface area contributed by atoms with Gasteiger partial charge in [-0.05, 0) is 18.9 Å². The predicted octanol–water partition coefficient (Wildman–Crippen LogP) is 4.48. The molecule has 0 bridgehead atoms. The number of aromatic nitrogens is 4. The van der Waals surface area contributed by atoms with E-state index in [4.69, 9.17) is 37.9 Å². The van der Waals surface area contributed by atoms with Crippen molar-refractivity contribution in [1.82, 2.24) is 40.4 Å². The number of amides is 2. The van der Waals surface area contributed by atoms with Crippen LogP contribution in [0.3, 0.4) is 0 Å². The van der Waals surface area contributed by atoms with Gasteiger partial charge in [-0.15, -0.1) is 0 Å². The van der Waals surface area contributed by atoms with Crippen molar-refractivity contribution >= 4 is 40.7 Å². The van der Waals surface area contributed by atoms with Crippen molar-refractivity contribution in [2.24, 2.45) is 7.05 Å². The summed E-state index contributed by atoms with van der Waals surface area (Å²) in [7, 11) is 3.39. The molecule has 2 aromatic carbocycles. The van der Waals surface area contributed by atoms with Crippen molar-refractivity contribution in [2.75, 3.05) is 20.2 Å². The van der Waals surface area contributed by atoms with E-state index in [1.54, 1.807) is 18.8 Å². The van der Waals surface area contributed by atoms with Gasteiger partial charge >= 0.3 is 0 Å². The molecule has 2 fully saturated rings. The highest BCUT2D eigenvalue weighted by Crippen LogP contribution is 2.42. The Morgan fingerprint density at radius 3 is 2.04 bits per heavy atom. The van der Waals surface area contributed by atoms with Crippen LogP contribution in [-0.2, 0) is 29.7 Å². The average molecular weight is 730 g/mol. The number of methoxy groups -OCH3 is 1. The van der Waals surface area contributed by atoms with Gasteiger partial charge in [0.05, 0.1) is 34.2 Å². The molecule has 5 heterocycles. The summed E-state index contributed by atoms with van der Waals surface area (Å²) < 4.78 is 8.90. The van der Waals surface area contributed by atoms with Crippen LogP contribution in [0.5, 0.6) is 5.88 Å². The highest BCUT2D eigenvalue weighted by Gasteiger charge is 2.23. The average Bonchev–Trinajstić information content (AvgIpc) is 3.83. The summed E-state index contributed by atoms with van der Waals surface area (Å²) >= 11 is 14.2. The fraction of sp³-hybridized carbons (Fsp3) is 0.324. The SMILES string of the molecule is COc1nc(-c2cccc(-c3cccc(-c4cc5nc(CNC[C@@H]6CCC(=O)N6)cc(=O)n5n4C)c3Cl)c2Cl)ccc1CNC[C@H]1CCC(=O)N1. The molecular formula is C37H38Cl2N8O4. The number of rotatable bonds is 12. The summed E-state index contributed by atoms with van der Waals surface area (Å²) in [6.45, 7) is 2.20. The number of pyridine rings is 1. The van der Waals surface area contributed by atoms with Gasteiger partial charge in [0.1, 0.15) is 0 Å². The normalized spacial score (nSPS) is 17.3. The number of ether oxygens (including phenoxy) is 1. The second-order valence-electron chi connectivity index (χ2n) is 12.9. The van der Waals surface area contributed by atoms with Crippen LogP contribution in [0.25, 0.3) is 39.3 Å². The molecule has 3 aromatic heterocycles. The molecular weight excluding hydrogens is 691 g/mol. The maximum atomic E-state index is 13.2. The molecule has 2 amide bonds. The minimum absolute atomic E-state index is 0.0650. The first-order chi connectivity index (χ1) is 24.7. The standard InChI is InChI=1S/C37H38Cl2N8O4/c1-46-30(16-31-42-24(15-34(50)47(31)46)20-41-19-23-11-14-33(49)44-23)28-8-4-6-26(36(28)39)25-5-3-7-27(35(25)38)29-12-9-21(37(45-29)51-2)17-40-18-22-10-13-32(48)43-22/h3-9,12,15-16,22-23,40-41H,10-11,13-14,17-20H2,1-2H3,(H,43,48)(H,44,49)/t22-,23+/m1/s1. The molecule has 5 aromatic rings. The van der Waals surface area contributed by atoms with Crippen molar-refractivity contribution in [1.29, 1.82) is 0 Å². The van der Waals surface area contributed by atoms with E-state index in [9.17, 15) is 14.4 Å². The fourth-order valence-electron chi connectivity index (χ4n) is 6.83. The number of fused-ring (bicyclic) bond motifs is 1. The predicted molar refractivity (Wildman–Crippen MR) is 197 cm³/mol. The Labute approximate surface area is 304 Å². The lowest BCUT2D eigenvalue weighted by molar-refractivity contribution is -0.120. The Hall–Kier alpha value is -4.75. The van der Waals surface area contributed by atoms with E-state index in [1.165, 1.54) is 10.6 Å². The van der Waals surface area contributed by atoms with Crippen LogP contribution in [0.4, 0.5) is 0 Å². The topological polar surface area (TPSA) is 144 Å². The zero-order chi connectivity index (χ0) is 35.6. The molecule has 2 atom stereocenters. The molecule has 4 N–H and O–H groups in total. The highest BCUT2D eigenvalue weighted by atomic mass is 35.5. The van der Waals surface area contributed by atoms with Gasteiger partial charge in [0, 0.05) is 98.1 Å². The quantitative estimate of drug-likeness (QED) is 0.147. The lowest BCUT2D eigenvalue weighted by atomic mass is 9.98. The van der Waals surface area contributed by atoms with Crippen molar-refractivity contribution in [3.8, 4) is 39.5 Å². The molecule has 0 unspecified atom stereocenters. The maximum absolute atomic E-state index is 13.2. The van der Waals surface area contributed by atoms with Gasteiger partial charge in [0.25, 0.3) is 5.56 Å². The lowest BCUT2D eigenvalue weighted by Gasteiger charge is -2.16. The third kappa shape index (κ3) is 7.22.